The minimum absolute atomic E-state index is 0. The summed E-state index contributed by atoms with van der Waals surface area (Å²) in [5.41, 5.74) is 5.67. The molecule has 0 heterocycles. The van der Waals surface area contributed by atoms with Gasteiger partial charge < -0.3 is 24.8 Å². The third-order valence-corrected chi connectivity index (χ3v) is 8.13. The van der Waals surface area contributed by atoms with Crippen LogP contribution in [0.15, 0.2) is 158 Å². The Hall–Kier alpha value is -2.01. The first-order chi connectivity index (χ1) is 21.3. The van der Waals surface area contributed by atoms with E-state index in [2.05, 4.69) is 170 Å². The molecule has 9 rings (SSSR count). The Morgan fingerprint density at radius 2 is 0.913 bits per heavy atom. The molecule has 0 fully saturated rings. The second-order valence-electron chi connectivity index (χ2n) is 10.6. The molecular weight excluding hydrogens is 805 g/mol. The van der Waals surface area contributed by atoms with Crippen LogP contribution in [0.3, 0.4) is 0 Å². The Bertz CT molecular complexity index is 1880. The normalized spacial score (nSPS) is 14.5. The number of rotatable bonds is 1. The van der Waals surface area contributed by atoms with Gasteiger partial charge in [0, 0.05) is 11.8 Å². The fourth-order valence-electron chi connectivity index (χ4n) is 6.15. The van der Waals surface area contributed by atoms with Crippen LogP contribution < -0.4 is 24.8 Å². The van der Waals surface area contributed by atoms with Crippen LogP contribution in [-0.2, 0) is 47.1 Å². The van der Waals surface area contributed by atoms with Gasteiger partial charge in [-0.1, -0.05) is 115 Å². The van der Waals surface area contributed by atoms with E-state index in [4.69, 9.17) is 17.0 Å². The molecule has 0 N–H and O–H groups in total. The maximum absolute atomic E-state index is 4.93. The molecular formula is C40H30Cl4Zr2-. The van der Waals surface area contributed by atoms with Crippen LogP contribution in [0.2, 0.25) is 0 Å². The van der Waals surface area contributed by atoms with Gasteiger partial charge in [-0.05, 0) is 22.3 Å². The van der Waals surface area contributed by atoms with Gasteiger partial charge in [0.25, 0.3) is 0 Å². The van der Waals surface area contributed by atoms with Crippen LogP contribution in [0.25, 0.3) is 44.5 Å². The third-order valence-electron chi connectivity index (χ3n) is 8.13. The Labute approximate surface area is 321 Å². The molecule has 7 aromatic carbocycles. The molecule has 0 spiro atoms. The number of fused-ring (bicyclic) bond motifs is 6. The van der Waals surface area contributed by atoms with Gasteiger partial charge in [0.15, 0.2) is 0 Å². The zero-order valence-corrected chi connectivity index (χ0v) is 32.8. The quantitative estimate of drug-likeness (QED) is 0.172. The van der Waals surface area contributed by atoms with E-state index in [0.717, 1.165) is 0 Å². The van der Waals surface area contributed by atoms with Gasteiger partial charge in [-0.2, -0.15) is 17.5 Å². The van der Waals surface area contributed by atoms with Crippen molar-refractivity contribution in [3.05, 3.63) is 180 Å². The van der Waals surface area contributed by atoms with Crippen molar-refractivity contribution in [3.8, 4) is 0 Å². The van der Waals surface area contributed by atoms with Crippen LogP contribution in [0.1, 0.15) is 34.1 Å². The number of hydrogen-bond donors (Lipinski definition) is 0. The summed E-state index contributed by atoms with van der Waals surface area (Å²) in [7, 11) is 9.87. The number of hydrogen-bond acceptors (Lipinski definition) is 0. The first-order valence-electron chi connectivity index (χ1n) is 14.4. The molecule has 227 valence electrons. The van der Waals surface area contributed by atoms with Crippen LogP contribution >= 0.6 is 17.0 Å². The third kappa shape index (κ3) is 8.91. The number of allylic oxidation sites excluding steroid dienone is 2. The van der Waals surface area contributed by atoms with Crippen LogP contribution in [0.4, 0.5) is 0 Å². The summed E-state index contributed by atoms with van der Waals surface area (Å²) < 4.78 is 0. The molecule has 2 aliphatic carbocycles. The summed E-state index contributed by atoms with van der Waals surface area (Å²) in [5.74, 6) is 1.00. The largest absolute Gasteiger partial charge is 3.00 e. The first-order valence-corrected chi connectivity index (χ1v) is 20.7. The van der Waals surface area contributed by atoms with E-state index in [1.807, 2.05) is 0 Å². The minimum Gasteiger partial charge on any atom is -0.168 e. The Morgan fingerprint density at radius 3 is 1.41 bits per heavy atom. The molecule has 0 saturated carbocycles. The first kappa shape index (κ1) is 38.4. The molecule has 0 amide bonds. The van der Waals surface area contributed by atoms with Crippen molar-refractivity contribution in [1.29, 1.82) is 0 Å². The second-order valence-corrected chi connectivity index (χ2v) is 14.3. The van der Waals surface area contributed by atoms with Gasteiger partial charge in [0.1, 0.15) is 0 Å². The topological polar surface area (TPSA) is 0 Å². The average Bonchev–Trinajstić information content (AvgIpc) is 3.86. The van der Waals surface area contributed by atoms with Crippen molar-refractivity contribution in [2.45, 2.75) is 11.8 Å². The molecule has 7 aromatic rings. The van der Waals surface area contributed by atoms with Crippen molar-refractivity contribution >= 4 is 61.5 Å². The van der Waals surface area contributed by atoms with E-state index in [0.29, 0.717) is 11.8 Å². The molecule has 0 aliphatic heterocycles. The fraction of sp³-hybridized carbons (Fsp3) is 0.0500. The summed E-state index contributed by atoms with van der Waals surface area (Å²) >= 11 is -0.826. The van der Waals surface area contributed by atoms with Gasteiger partial charge in [-0.15, -0.1) is 69.4 Å². The smallest absolute Gasteiger partial charge is 0.168 e. The predicted molar refractivity (Wildman–Crippen MR) is 185 cm³/mol. The summed E-state index contributed by atoms with van der Waals surface area (Å²) in [5, 5.41) is 8.05. The molecule has 0 saturated heterocycles. The van der Waals surface area contributed by atoms with E-state index in [9.17, 15) is 0 Å². The standard InChI is InChI=1S/C18H14.C13H9.C9H7.4ClH.2Zr/c1-3-7-15-13(5-1)9-11-17(15)18-12-10-14-6-2-4-8-16(14)18;1-3-7-12-10(5-1)9-11-6-2-4-8-13(11)12;1-2-5-9-7-3-6-8(9)4-1;;;;;;/h1-12,17-18H;1-9H;1-7H;4*1H;;/q;2*-1;;;;;+2;+3/p-4. The summed E-state index contributed by atoms with van der Waals surface area (Å²) in [6, 6.07) is 51.4. The van der Waals surface area contributed by atoms with Crippen molar-refractivity contribution in [1.82, 2.24) is 0 Å². The predicted octanol–water partition coefficient (Wildman–Crippen LogP) is 6.26. The van der Waals surface area contributed by atoms with Crippen molar-refractivity contribution in [3.63, 3.8) is 0 Å². The zero-order chi connectivity index (χ0) is 29.4. The summed E-state index contributed by atoms with van der Waals surface area (Å²) in [6.45, 7) is 0. The SMILES string of the molecule is C1=CC(C2C=Cc3ccccc32)c2ccccc21.[Cl-].[Cl-].[Cl][Zr][Cl].[Zr+3].c1ccc2[cH-]ccc2c1.c1ccc2c(c1)[cH-]c1ccccc12. The van der Waals surface area contributed by atoms with Gasteiger partial charge in [0.2, 0.25) is 0 Å². The minimum atomic E-state index is -0.826. The molecule has 2 atom stereocenters. The molecule has 0 nitrogen and oxygen atoms in total. The zero-order valence-electron chi connectivity index (χ0n) is 24.8. The van der Waals surface area contributed by atoms with Crippen LogP contribution in [0.5, 0.6) is 0 Å². The van der Waals surface area contributed by atoms with Crippen molar-refractivity contribution in [2.75, 3.05) is 0 Å². The van der Waals surface area contributed by atoms with E-state index in [-0.39, 0.29) is 51.0 Å². The van der Waals surface area contributed by atoms with E-state index < -0.39 is 20.8 Å². The van der Waals surface area contributed by atoms with Crippen LogP contribution in [-0.4, -0.2) is 0 Å². The summed E-state index contributed by atoms with van der Waals surface area (Å²) in [6.07, 6.45) is 9.22. The molecule has 2 unspecified atom stereocenters. The maximum Gasteiger partial charge on any atom is 3.00 e. The van der Waals surface area contributed by atoms with E-state index in [1.165, 1.54) is 54.6 Å². The molecule has 6 heteroatoms. The average molecular weight is 835 g/mol. The van der Waals surface area contributed by atoms with Crippen LogP contribution in [0, 0.1) is 0 Å². The maximum atomic E-state index is 4.93. The number of benzene rings is 5. The van der Waals surface area contributed by atoms with Gasteiger partial charge in [-0.3, -0.25) is 0 Å². The van der Waals surface area contributed by atoms with Gasteiger partial charge >= 0.3 is 64.1 Å². The van der Waals surface area contributed by atoms with E-state index >= 15 is 0 Å². The van der Waals surface area contributed by atoms with Crippen molar-refractivity contribution < 1.29 is 71.9 Å². The monoisotopic (exact) mass is 830 g/mol. The van der Waals surface area contributed by atoms with Crippen molar-refractivity contribution in [2.24, 2.45) is 0 Å². The molecule has 0 aromatic heterocycles. The molecule has 46 heavy (non-hydrogen) atoms. The Balaban J connectivity index is 0.000000183. The number of halogens is 4. The van der Waals surface area contributed by atoms with Gasteiger partial charge in [0.05, 0.1) is 0 Å². The Morgan fingerprint density at radius 1 is 0.500 bits per heavy atom. The van der Waals surface area contributed by atoms with Gasteiger partial charge in [-0.25, -0.2) is 0 Å². The second kappa shape index (κ2) is 19.1. The fourth-order valence-corrected chi connectivity index (χ4v) is 6.15. The molecule has 1 radical (unpaired) electrons. The molecule has 0 bridgehead atoms. The summed E-state index contributed by atoms with van der Waals surface area (Å²) in [4.78, 5) is 0. The Kier molecular flexibility index (Phi) is 16.0. The van der Waals surface area contributed by atoms with E-state index in [1.54, 1.807) is 0 Å². The molecule has 2 aliphatic rings.